The van der Waals surface area contributed by atoms with E-state index in [1.54, 1.807) is 24.3 Å². The summed E-state index contributed by atoms with van der Waals surface area (Å²) in [6.45, 7) is 1.43. The molecule has 1 atom stereocenters. The number of carbonyl (C=O) groups excluding carboxylic acids is 1. The first-order chi connectivity index (χ1) is 10.6. The van der Waals surface area contributed by atoms with Crippen molar-refractivity contribution in [1.29, 1.82) is 0 Å². The molecule has 7 heteroatoms. The van der Waals surface area contributed by atoms with Crippen LogP contribution in [0.3, 0.4) is 0 Å². The van der Waals surface area contributed by atoms with Gasteiger partial charge in [-0.1, -0.05) is 11.6 Å². The minimum absolute atomic E-state index is 0.0400. The van der Waals surface area contributed by atoms with E-state index in [0.29, 0.717) is 21.9 Å². The van der Waals surface area contributed by atoms with E-state index >= 15 is 0 Å². The minimum atomic E-state index is 0.0400. The highest BCUT2D eigenvalue weighted by atomic mass is 35.5. The molecule has 0 radical (unpaired) electrons. The average molecular weight is 337 g/mol. The zero-order chi connectivity index (χ0) is 15.7. The monoisotopic (exact) mass is 336 g/mol. The maximum absolute atomic E-state index is 12.6. The number of aromatic amines is 1. The summed E-state index contributed by atoms with van der Waals surface area (Å²) < 4.78 is 2.49. The van der Waals surface area contributed by atoms with E-state index in [-0.39, 0.29) is 11.8 Å². The highest BCUT2D eigenvalue weighted by molar-refractivity contribution is 7.71. The van der Waals surface area contributed by atoms with Gasteiger partial charge in [-0.25, -0.2) is 0 Å². The number of benzene rings is 1. The van der Waals surface area contributed by atoms with Gasteiger partial charge < -0.3 is 9.47 Å². The summed E-state index contributed by atoms with van der Waals surface area (Å²) in [6, 6.07) is 7.02. The van der Waals surface area contributed by atoms with Gasteiger partial charge in [-0.15, -0.1) is 0 Å². The molecule has 0 saturated carbocycles. The predicted molar refractivity (Wildman–Crippen MR) is 87.7 cm³/mol. The third-order valence-corrected chi connectivity index (χ3v) is 4.70. The fraction of sp³-hybridized carbons (Fsp3) is 0.400. The second-order valence-corrected chi connectivity index (χ2v) is 6.37. The Morgan fingerprint density at radius 1 is 1.41 bits per heavy atom. The smallest absolute Gasteiger partial charge is 0.253 e. The number of halogens is 1. The number of nitrogens with zero attached hydrogens (tertiary/aromatic N) is 3. The van der Waals surface area contributed by atoms with Gasteiger partial charge in [0.2, 0.25) is 0 Å². The fourth-order valence-electron chi connectivity index (χ4n) is 2.87. The standard InChI is InChI=1S/C15H17ClN4OS/c1-19-13(17-18-15(19)22)11-3-2-8-20(9-11)14(21)10-4-6-12(16)7-5-10/h4-7,11H,2-3,8-9H2,1H3,(H,18,22)/t11-/m0/s1. The van der Waals surface area contributed by atoms with Gasteiger partial charge in [0.1, 0.15) is 5.82 Å². The minimum Gasteiger partial charge on any atom is -0.338 e. The molecule has 0 spiro atoms. The molecule has 2 aromatic rings. The summed E-state index contributed by atoms with van der Waals surface area (Å²) in [7, 11) is 1.90. The first-order valence-corrected chi connectivity index (χ1v) is 8.01. The van der Waals surface area contributed by atoms with Crippen LogP contribution in [0.1, 0.15) is 34.9 Å². The Balaban J connectivity index is 1.78. The van der Waals surface area contributed by atoms with Crippen LogP contribution in [0.4, 0.5) is 0 Å². The molecule has 0 aliphatic carbocycles. The Hall–Kier alpha value is -1.66. The summed E-state index contributed by atoms with van der Waals surface area (Å²) in [5.41, 5.74) is 0.667. The molecule has 22 heavy (non-hydrogen) atoms. The molecular formula is C15H17ClN4OS. The number of likely N-dealkylation sites (tertiary alicyclic amines) is 1. The number of carbonyl (C=O) groups is 1. The van der Waals surface area contributed by atoms with Crippen molar-refractivity contribution in [3.63, 3.8) is 0 Å². The van der Waals surface area contributed by atoms with Crippen molar-refractivity contribution in [2.75, 3.05) is 13.1 Å². The van der Waals surface area contributed by atoms with Crippen LogP contribution in [0.15, 0.2) is 24.3 Å². The maximum Gasteiger partial charge on any atom is 0.253 e. The molecule has 1 N–H and O–H groups in total. The van der Waals surface area contributed by atoms with Crippen LogP contribution in [-0.2, 0) is 7.05 Å². The Morgan fingerprint density at radius 3 is 2.77 bits per heavy atom. The zero-order valence-electron chi connectivity index (χ0n) is 12.3. The predicted octanol–water partition coefficient (Wildman–Crippen LogP) is 3.15. The summed E-state index contributed by atoms with van der Waals surface area (Å²) in [5, 5.41) is 7.76. The van der Waals surface area contributed by atoms with Crippen molar-refractivity contribution in [3.8, 4) is 0 Å². The molecule has 1 saturated heterocycles. The molecule has 1 aliphatic rings. The molecule has 116 valence electrons. The zero-order valence-corrected chi connectivity index (χ0v) is 13.8. The van der Waals surface area contributed by atoms with Crippen LogP contribution in [0.25, 0.3) is 0 Å². The molecule has 0 unspecified atom stereocenters. The number of amides is 1. The number of nitrogens with one attached hydrogen (secondary N) is 1. The number of H-pyrrole nitrogens is 1. The summed E-state index contributed by atoms with van der Waals surface area (Å²) in [5.74, 6) is 1.17. The Kier molecular flexibility index (Phi) is 4.31. The molecule has 3 rings (SSSR count). The molecule has 5 nitrogen and oxygen atoms in total. The van der Waals surface area contributed by atoms with Gasteiger partial charge in [-0.3, -0.25) is 9.89 Å². The SMILES string of the molecule is Cn1c([C@H]2CCCN(C(=O)c3ccc(Cl)cc3)C2)n[nH]c1=S. The van der Waals surface area contributed by atoms with Gasteiger partial charge in [0.05, 0.1) is 0 Å². The van der Waals surface area contributed by atoms with E-state index in [4.69, 9.17) is 23.8 Å². The van der Waals surface area contributed by atoms with Crippen LogP contribution < -0.4 is 0 Å². The van der Waals surface area contributed by atoms with Gasteiger partial charge in [0.15, 0.2) is 4.77 Å². The molecule has 1 fully saturated rings. The molecule has 1 aromatic heterocycles. The van der Waals surface area contributed by atoms with Crippen molar-refractivity contribution in [1.82, 2.24) is 19.7 Å². The van der Waals surface area contributed by atoms with Crippen LogP contribution in [-0.4, -0.2) is 38.7 Å². The third-order valence-electron chi connectivity index (χ3n) is 4.08. The Bertz CT molecular complexity index is 737. The van der Waals surface area contributed by atoms with E-state index in [1.807, 2.05) is 16.5 Å². The largest absolute Gasteiger partial charge is 0.338 e. The molecule has 2 heterocycles. The van der Waals surface area contributed by atoms with E-state index in [1.165, 1.54) is 0 Å². The normalized spacial score (nSPS) is 18.5. The third kappa shape index (κ3) is 2.94. The van der Waals surface area contributed by atoms with Crippen LogP contribution in [0, 0.1) is 4.77 Å². The van der Waals surface area contributed by atoms with Crippen LogP contribution in [0.2, 0.25) is 5.02 Å². The lowest BCUT2D eigenvalue weighted by atomic mass is 9.96. The number of hydrogen-bond acceptors (Lipinski definition) is 3. The maximum atomic E-state index is 12.6. The Labute approximate surface area is 138 Å². The highest BCUT2D eigenvalue weighted by Gasteiger charge is 2.28. The topological polar surface area (TPSA) is 53.9 Å². The van der Waals surface area contributed by atoms with Crippen LogP contribution in [0.5, 0.6) is 0 Å². The number of hydrogen-bond donors (Lipinski definition) is 1. The lowest BCUT2D eigenvalue weighted by Gasteiger charge is -2.32. The van der Waals surface area contributed by atoms with Crippen molar-refractivity contribution < 1.29 is 4.79 Å². The summed E-state index contributed by atoms with van der Waals surface area (Å²) in [4.78, 5) is 14.5. The number of rotatable bonds is 2. The van der Waals surface area contributed by atoms with E-state index in [2.05, 4.69) is 10.2 Å². The van der Waals surface area contributed by atoms with E-state index in [0.717, 1.165) is 25.2 Å². The van der Waals surface area contributed by atoms with Crippen molar-refractivity contribution >= 4 is 29.7 Å². The van der Waals surface area contributed by atoms with Crippen molar-refractivity contribution in [3.05, 3.63) is 45.4 Å². The van der Waals surface area contributed by atoms with Crippen LogP contribution >= 0.6 is 23.8 Å². The van der Waals surface area contributed by atoms with Crippen molar-refractivity contribution in [2.24, 2.45) is 7.05 Å². The van der Waals surface area contributed by atoms with E-state index in [9.17, 15) is 4.79 Å². The molecule has 1 aliphatic heterocycles. The van der Waals surface area contributed by atoms with Gasteiger partial charge >= 0.3 is 0 Å². The summed E-state index contributed by atoms with van der Waals surface area (Å²) >= 11 is 11.0. The lowest BCUT2D eigenvalue weighted by molar-refractivity contribution is 0.0703. The van der Waals surface area contributed by atoms with Crippen molar-refractivity contribution in [2.45, 2.75) is 18.8 Å². The number of piperidine rings is 1. The average Bonchev–Trinajstić information content (AvgIpc) is 2.87. The molecule has 1 amide bonds. The molecule has 0 bridgehead atoms. The Morgan fingerprint density at radius 2 is 2.14 bits per heavy atom. The van der Waals surface area contributed by atoms with Gasteiger partial charge in [-0.05, 0) is 49.3 Å². The second kappa shape index (κ2) is 6.22. The van der Waals surface area contributed by atoms with Gasteiger partial charge in [0.25, 0.3) is 5.91 Å². The first kappa shape index (κ1) is 15.2. The molecular weight excluding hydrogens is 320 g/mol. The van der Waals surface area contributed by atoms with Gasteiger partial charge in [0, 0.05) is 36.6 Å². The van der Waals surface area contributed by atoms with Gasteiger partial charge in [-0.2, -0.15) is 5.10 Å². The molecule has 1 aromatic carbocycles. The number of aromatic nitrogens is 3. The quantitative estimate of drug-likeness (QED) is 0.857. The summed E-state index contributed by atoms with van der Waals surface area (Å²) in [6.07, 6.45) is 1.97. The highest BCUT2D eigenvalue weighted by Crippen LogP contribution is 2.26. The first-order valence-electron chi connectivity index (χ1n) is 7.22. The fourth-order valence-corrected chi connectivity index (χ4v) is 3.14. The lowest BCUT2D eigenvalue weighted by Crippen LogP contribution is -2.39. The van der Waals surface area contributed by atoms with E-state index < -0.39 is 0 Å². The second-order valence-electron chi connectivity index (χ2n) is 5.54.